The molecular formula is C20H31N3O4. The van der Waals surface area contributed by atoms with Gasteiger partial charge in [0.1, 0.15) is 0 Å². The summed E-state index contributed by atoms with van der Waals surface area (Å²) in [6.07, 6.45) is 0.714. The van der Waals surface area contributed by atoms with Crippen molar-refractivity contribution in [1.82, 2.24) is 15.1 Å². The Hall–Kier alpha value is -2.12. The summed E-state index contributed by atoms with van der Waals surface area (Å²) in [4.78, 5) is 26.8. The first-order chi connectivity index (χ1) is 12.7. The molecule has 0 aromatic heterocycles. The van der Waals surface area contributed by atoms with Crippen LogP contribution < -0.4 is 5.32 Å². The number of carbonyl (C=O) groups is 2. The third kappa shape index (κ3) is 7.56. The number of nitrogens with zero attached hydrogens (tertiary/aromatic N) is 2. The van der Waals surface area contributed by atoms with E-state index in [0.29, 0.717) is 32.8 Å². The van der Waals surface area contributed by atoms with Crippen LogP contribution in [0.5, 0.6) is 0 Å². The van der Waals surface area contributed by atoms with E-state index in [1.54, 1.807) is 16.8 Å². The largest absolute Gasteiger partial charge is 0.480 e. The first kappa shape index (κ1) is 21.2. The summed E-state index contributed by atoms with van der Waals surface area (Å²) in [5.74, 6) is -0.872. The number of rotatable bonds is 8. The standard InChI is InChI=1S/C20H31N3O4/c1-20(2,11-16-7-5-4-6-8-16)15-21-19(26)23-9-10-27-17(13-23)12-22(3)14-18(24)25/h4-8,17H,9-15H2,1-3H3,(H,21,26)(H,24,25). The molecule has 1 aromatic rings. The number of hydrogen-bond acceptors (Lipinski definition) is 4. The number of carboxylic acid groups (broad SMARTS) is 1. The quantitative estimate of drug-likeness (QED) is 0.720. The fourth-order valence-corrected chi connectivity index (χ4v) is 3.29. The minimum absolute atomic E-state index is 0.0419. The molecule has 1 aromatic carbocycles. The van der Waals surface area contributed by atoms with Gasteiger partial charge in [-0.2, -0.15) is 0 Å². The summed E-state index contributed by atoms with van der Waals surface area (Å²) in [6.45, 7) is 6.79. The van der Waals surface area contributed by atoms with Crippen LogP contribution in [-0.2, 0) is 16.0 Å². The van der Waals surface area contributed by atoms with Gasteiger partial charge in [0.2, 0.25) is 0 Å². The average molecular weight is 377 g/mol. The van der Waals surface area contributed by atoms with E-state index in [9.17, 15) is 9.59 Å². The number of aliphatic carboxylic acids is 1. The Morgan fingerprint density at radius 2 is 2.04 bits per heavy atom. The number of amides is 2. The number of urea groups is 1. The van der Waals surface area contributed by atoms with Crippen molar-refractivity contribution in [3.63, 3.8) is 0 Å². The average Bonchev–Trinajstić information content (AvgIpc) is 2.59. The third-order valence-corrected chi connectivity index (χ3v) is 4.59. The van der Waals surface area contributed by atoms with Gasteiger partial charge in [0.15, 0.2) is 0 Å². The van der Waals surface area contributed by atoms with Crippen molar-refractivity contribution in [2.45, 2.75) is 26.4 Å². The van der Waals surface area contributed by atoms with Crippen molar-refractivity contribution in [2.24, 2.45) is 5.41 Å². The lowest BCUT2D eigenvalue weighted by Gasteiger charge is -2.35. The molecular weight excluding hydrogens is 346 g/mol. The van der Waals surface area contributed by atoms with Crippen LogP contribution >= 0.6 is 0 Å². The Morgan fingerprint density at radius 1 is 1.33 bits per heavy atom. The van der Waals surface area contributed by atoms with E-state index in [1.165, 1.54) is 5.56 Å². The van der Waals surface area contributed by atoms with Gasteiger partial charge in [-0.25, -0.2) is 4.79 Å². The van der Waals surface area contributed by atoms with Crippen molar-refractivity contribution in [3.05, 3.63) is 35.9 Å². The maximum Gasteiger partial charge on any atom is 0.317 e. The minimum atomic E-state index is -0.872. The highest BCUT2D eigenvalue weighted by atomic mass is 16.5. The Kier molecular flexibility index (Phi) is 7.62. The number of likely N-dealkylation sites (N-methyl/N-ethyl adjacent to an activating group) is 1. The fourth-order valence-electron chi connectivity index (χ4n) is 3.29. The maximum absolute atomic E-state index is 12.6. The fraction of sp³-hybridized carbons (Fsp3) is 0.600. The van der Waals surface area contributed by atoms with Gasteiger partial charge in [-0.1, -0.05) is 44.2 Å². The zero-order valence-corrected chi connectivity index (χ0v) is 16.5. The van der Waals surface area contributed by atoms with Gasteiger partial charge >= 0.3 is 12.0 Å². The van der Waals surface area contributed by atoms with E-state index in [4.69, 9.17) is 9.84 Å². The number of carboxylic acids is 1. The van der Waals surface area contributed by atoms with Crippen LogP contribution in [-0.4, -0.2) is 79.4 Å². The Labute approximate surface area is 161 Å². The highest BCUT2D eigenvalue weighted by Crippen LogP contribution is 2.21. The van der Waals surface area contributed by atoms with Gasteiger partial charge in [0, 0.05) is 26.2 Å². The predicted molar refractivity (Wildman–Crippen MR) is 104 cm³/mol. The van der Waals surface area contributed by atoms with Gasteiger partial charge in [-0.15, -0.1) is 0 Å². The van der Waals surface area contributed by atoms with Gasteiger partial charge in [0.05, 0.1) is 19.3 Å². The van der Waals surface area contributed by atoms with E-state index in [2.05, 4.69) is 31.3 Å². The molecule has 27 heavy (non-hydrogen) atoms. The van der Waals surface area contributed by atoms with E-state index in [1.807, 2.05) is 18.2 Å². The van der Waals surface area contributed by atoms with Gasteiger partial charge < -0.3 is 20.1 Å². The van der Waals surface area contributed by atoms with Gasteiger partial charge in [-0.05, 0) is 24.4 Å². The van der Waals surface area contributed by atoms with E-state index in [-0.39, 0.29) is 24.1 Å². The lowest BCUT2D eigenvalue weighted by molar-refractivity contribution is -0.138. The van der Waals surface area contributed by atoms with Crippen LogP contribution in [0.4, 0.5) is 4.79 Å². The zero-order chi connectivity index (χ0) is 19.9. The summed E-state index contributed by atoms with van der Waals surface area (Å²) in [5, 5.41) is 11.9. The molecule has 1 fully saturated rings. The van der Waals surface area contributed by atoms with E-state index < -0.39 is 5.97 Å². The first-order valence-electron chi connectivity index (χ1n) is 9.34. The molecule has 0 bridgehead atoms. The lowest BCUT2D eigenvalue weighted by atomic mass is 9.86. The van der Waals surface area contributed by atoms with Gasteiger partial charge in [-0.3, -0.25) is 9.69 Å². The Balaban J connectivity index is 1.79. The highest BCUT2D eigenvalue weighted by molar-refractivity contribution is 5.74. The second kappa shape index (κ2) is 9.71. The second-order valence-corrected chi connectivity index (χ2v) is 8.01. The molecule has 0 radical (unpaired) electrons. The van der Waals surface area contributed by atoms with Crippen molar-refractivity contribution in [2.75, 3.05) is 46.4 Å². The molecule has 0 spiro atoms. The van der Waals surface area contributed by atoms with Crippen LogP contribution in [0.1, 0.15) is 19.4 Å². The SMILES string of the molecule is CN(CC(=O)O)CC1CN(C(=O)NCC(C)(C)Cc2ccccc2)CCO1. The molecule has 2 rings (SSSR count). The molecule has 7 heteroatoms. The monoisotopic (exact) mass is 377 g/mol. The molecule has 1 saturated heterocycles. The number of morpholine rings is 1. The molecule has 1 unspecified atom stereocenters. The third-order valence-electron chi connectivity index (χ3n) is 4.59. The Morgan fingerprint density at radius 3 is 2.70 bits per heavy atom. The summed E-state index contributed by atoms with van der Waals surface area (Å²) in [5.41, 5.74) is 1.20. The number of carbonyl (C=O) groups excluding carboxylic acids is 1. The summed E-state index contributed by atoms with van der Waals surface area (Å²) in [7, 11) is 1.74. The first-order valence-corrected chi connectivity index (χ1v) is 9.34. The molecule has 1 atom stereocenters. The number of ether oxygens (including phenoxy) is 1. The summed E-state index contributed by atoms with van der Waals surface area (Å²) < 4.78 is 5.68. The van der Waals surface area contributed by atoms with Gasteiger partial charge in [0.25, 0.3) is 0 Å². The number of nitrogens with one attached hydrogen (secondary N) is 1. The normalized spacial score (nSPS) is 17.8. The van der Waals surface area contributed by atoms with Crippen molar-refractivity contribution < 1.29 is 19.4 Å². The molecule has 0 aliphatic carbocycles. The van der Waals surface area contributed by atoms with Crippen molar-refractivity contribution in [1.29, 1.82) is 0 Å². The van der Waals surface area contributed by atoms with Crippen LogP contribution in [0, 0.1) is 5.41 Å². The number of benzene rings is 1. The zero-order valence-electron chi connectivity index (χ0n) is 16.5. The molecule has 2 N–H and O–H groups in total. The number of hydrogen-bond donors (Lipinski definition) is 2. The maximum atomic E-state index is 12.6. The Bertz CT molecular complexity index is 621. The molecule has 150 valence electrons. The van der Waals surface area contributed by atoms with Crippen molar-refractivity contribution in [3.8, 4) is 0 Å². The van der Waals surface area contributed by atoms with E-state index >= 15 is 0 Å². The van der Waals surface area contributed by atoms with Crippen LogP contribution in [0.15, 0.2) is 30.3 Å². The molecule has 7 nitrogen and oxygen atoms in total. The molecule has 2 amide bonds. The van der Waals surface area contributed by atoms with Crippen molar-refractivity contribution >= 4 is 12.0 Å². The summed E-state index contributed by atoms with van der Waals surface area (Å²) >= 11 is 0. The topological polar surface area (TPSA) is 82.1 Å². The highest BCUT2D eigenvalue weighted by Gasteiger charge is 2.27. The molecule has 1 heterocycles. The van der Waals surface area contributed by atoms with E-state index in [0.717, 1.165) is 6.42 Å². The minimum Gasteiger partial charge on any atom is -0.480 e. The second-order valence-electron chi connectivity index (χ2n) is 8.01. The molecule has 0 saturated carbocycles. The van der Waals surface area contributed by atoms with Crippen LogP contribution in [0.25, 0.3) is 0 Å². The molecule has 1 aliphatic rings. The lowest BCUT2D eigenvalue weighted by Crippen LogP contribution is -2.53. The summed E-state index contributed by atoms with van der Waals surface area (Å²) in [6, 6.07) is 10.2. The van der Waals surface area contributed by atoms with Crippen LogP contribution in [0.2, 0.25) is 0 Å². The predicted octanol–water partition coefficient (Wildman–Crippen LogP) is 1.68. The van der Waals surface area contributed by atoms with Crippen LogP contribution in [0.3, 0.4) is 0 Å². The molecule has 1 aliphatic heterocycles. The smallest absolute Gasteiger partial charge is 0.317 e.